The van der Waals surface area contributed by atoms with Crippen LogP contribution in [0.4, 0.5) is 0 Å². The summed E-state index contributed by atoms with van der Waals surface area (Å²) in [5.74, 6) is -0.837. The molecule has 0 saturated heterocycles. The SMILES string of the molecule is NCCCC(N)CCNCC(=O)O. The molecule has 0 radical (unpaired) electrons. The molecule has 1 unspecified atom stereocenters. The van der Waals surface area contributed by atoms with Crippen LogP contribution in [0.15, 0.2) is 0 Å². The van der Waals surface area contributed by atoms with Gasteiger partial charge in [0.05, 0.1) is 6.54 Å². The van der Waals surface area contributed by atoms with E-state index in [0.717, 1.165) is 19.3 Å². The van der Waals surface area contributed by atoms with Gasteiger partial charge in [-0.2, -0.15) is 0 Å². The number of nitrogens with two attached hydrogens (primary N) is 2. The molecule has 0 amide bonds. The maximum atomic E-state index is 10.1. The van der Waals surface area contributed by atoms with Crippen molar-refractivity contribution in [2.75, 3.05) is 19.6 Å². The van der Waals surface area contributed by atoms with E-state index in [0.29, 0.717) is 13.1 Å². The second-order valence-corrected chi connectivity index (χ2v) is 3.05. The van der Waals surface area contributed by atoms with Gasteiger partial charge in [0.1, 0.15) is 0 Å². The second-order valence-electron chi connectivity index (χ2n) is 3.05. The Balaban J connectivity index is 3.16. The quantitative estimate of drug-likeness (QED) is 0.371. The molecule has 78 valence electrons. The van der Waals surface area contributed by atoms with Gasteiger partial charge in [0, 0.05) is 6.04 Å². The fourth-order valence-electron chi connectivity index (χ4n) is 1.01. The lowest BCUT2D eigenvalue weighted by atomic mass is 10.1. The number of aliphatic carboxylic acids is 1. The van der Waals surface area contributed by atoms with Crippen molar-refractivity contribution in [2.24, 2.45) is 11.5 Å². The van der Waals surface area contributed by atoms with E-state index in [-0.39, 0.29) is 12.6 Å². The molecule has 0 aliphatic carbocycles. The number of rotatable bonds is 8. The molecule has 13 heavy (non-hydrogen) atoms. The maximum absolute atomic E-state index is 10.1. The van der Waals surface area contributed by atoms with Crippen molar-refractivity contribution < 1.29 is 9.90 Å². The Hall–Kier alpha value is -0.650. The van der Waals surface area contributed by atoms with Gasteiger partial charge >= 0.3 is 5.97 Å². The Bertz CT molecular complexity index is 141. The van der Waals surface area contributed by atoms with E-state index in [1.807, 2.05) is 0 Å². The van der Waals surface area contributed by atoms with Gasteiger partial charge in [-0.1, -0.05) is 0 Å². The molecule has 0 aromatic rings. The Morgan fingerprint density at radius 2 is 2.15 bits per heavy atom. The summed E-state index contributed by atoms with van der Waals surface area (Å²) in [6.45, 7) is 1.32. The molecule has 6 N–H and O–H groups in total. The second kappa shape index (κ2) is 7.97. The highest BCUT2D eigenvalue weighted by Gasteiger charge is 2.01. The van der Waals surface area contributed by atoms with Crippen LogP contribution < -0.4 is 16.8 Å². The molecular weight excluding hydrogens is 170 g/mol. The van der Waals surface area contributed by atoms with Crippen molar-refractivity contribution in [3.05, 3.63) is 0 Å². The predicted molar refractivity (Wildman–Crippen MR) is 51.4 cm³/mol. The molecule has 1 atom stereocenters. The van der Waals surface area contributed by atoms with Crippen LogP contribution in [-0.2, 0) is 4.79 Å². The zero-order valence-corrected chi connectivity index (χ0v) is 7.83. The summed E-state index contributed by atoms with van der Waals surface area (Å²) in [7, 11) is 0. The van der Waals surface area contributed by atoms with E-state index in [2.05, 4.69) is 5.32 Å². The zero-order valence-electron chi connectivity index (χ0n) is 7.83. The van der Waals surface area contributed by atoms with Gasteiger partial charge in [-0.15, -0.1) is 0 Å². The Kier molecular flexibility index (Phi) is 7.57. The summed E-state index contributed by atoms with van der Waals surface area (Å²) >= 11 is 0. The summed E-state index contributed by atoms with van der Waals surface area (Å²) in [6.07, 6.45) is 2.64. The highest BCUT2D eigenvalue weighted by molar-refractivity contribution is 5.68. The number of carboxylic acid groups (broad SMARTS) is 1. The lowest BCUT2D eigenvalue weighted by Crippen LogP contribution is -2.30. The van der Waals surface area contributed by atoms with Crippen molar-refractivity contribution in [2.45, 2.75) is 25.3 Å². The largest absolute Gasteiger partial charge is 0.480 e. The van der Waals surface area contributed by atoms with Gasteiger partial charge in [0.2, 0.25) is 0 Å². The highest BCUT2D eigenvalue weighted by atomic mass is 16.4. The van der Waals surface area contributed by atoms with Crippen molar-refractivity contribution >= 4 is 5.97 Å². The molecule has 5 heteroatoms. The highest BCUT2D eigenvalue weighted by Crippen LogP contribution is 1.96. The molecule has 0 heterocycles. The number of hydrogen-bond acceptors (Lipinski definition) is 4. The zero-order chi connectivity index (χ0) is 10.1. The predicted octanol–water partition coefficient (Wildman–Crippen LogP) is -0.883. The monoisotopic (exact) mass is 189 g/mol. The third-order valence-corrected chi connectivity index (χ3v) is 1.75. The normalized spacial score (nSPS) is 12.8. The topological polar surface area (TPSA) is 101 Å². The van der Waals surface area contributed by atoms with Crippen LogP contribution in [0.5, 0.6) is 0 Å². The minimum absolute atomic E-state index is 0.00358. The lowest BCUT2D eigenvalue weighted by molar-refractivity contribution is -0.135. The summed E-state index contributed by atoms with van der Waals surface area (Å²) < 4.78 is 0. The van der Waals surface area contributed by atoms with Crippen LogP contribution in [0.2, 0.25) is 0 Å². The number of nitrogens with one attached hydrogen (secondary N) is 1. The van der Waals surface area contributed by atoms with Crippen LogP contribution >= 0.6 is 0 Å². The standard InChI is InChI=1S/C8H19N3O2/c9-4-1-2-7(10)3-5-11-6-8(12)13/h7,11H,1-6,9-10H2,(H,12,13). The van der Waals surface area contributed by atoms with Crippen molar-refractivity contribution in [3.8, 4) is 0 Å². The van der Waals surface area contributed by atoms with E-state index in [4.69, 9.17) is 16.6 Å². The molecular formula is C8H19N3O2. The minimum atomic E-state index is -0.837. The van der Waals surface area contributed by atoms with Crippen LogP contribution in [0, 0.1) is 0 Å². The number of hydrogen-bond donors (Lipinski definition) is 4. The van der Waals surface area contributed by atoms with Gasteiger partial charge in [-0.25, -0.2) is 0 Å². The fourth-order valence-corrected chi connectivity index (χ4v) is 1.01. The molecule has 0 saturated carbocycles. The summed E-state index contributed by atoms with van der Waals surface area (Å²) in [5, 5.41) is 11.1. The van der Waals surface area contributed by atoms with Gasteiger partial charge in [-0.3, -0.25) is 4.79 Å². The van der Waals surface area contributed by atoms with E-state index < -0.39 is 5.97 Å². The van der Waals surface area contributed by atoms with Crippen LogP contribution in [0.1, 0.15) is 19.3 Å². The lowest BCUT2D eigenvalue weighted by Gasteiger charge is -2.10. The average Bonchev–Trinajstić information content (AvgIpc) is 2.08. The molecule has 0 aliphatic heterocycles. The third kappa shape index (κ3) is 9.26. The molecule has 0 bridgehead atoms. The molecule has 0 fully saturated rings. The van der Waals surface area contributed by atoms with E-state index >= 15 is 0 Å². The summed E-state index contributed by atoms with van der Waals surface area (Å²) in [6, 6.07) is 0.129. The summed E-state index contributed by atoms with van der Waals surface area (Å²) in [4.78, 5) is 10.1. The summed E-state index contributed by atoms with van der Waals surface area (Å²) in [5.41, 5.74) is 11.1. The van der Waals surface area contributed by atoms with Crippen molar-refractivity contribution in [1.82, 2.24) is 5.32 Å². The number of carbonyl (C=O) groups is 1. The number of carboxylic acids is 1. The average molecular weight is 189 g/mol. The molecule has 0 aliphatic rings. The van der Waals surface area contributed by atoms with Gasteiger partial charge in [-0.05, 0) is 32.4 Å². The van der Waals surface area contributed by atoms with Crippen molar-refractivity contribution in [3.63, 3.8) is 0 Å². The molecule has 0 aromatic carbocycles. The van der Waals surface area contributed by atoms with E-state index in [1.54, 1.807) is 0 Å². The first-order valence-corrected chi connectivity index (χ1v) is 4.55. The van der Waals surface area contributed by atoms with Gasteiger partial charge < -0.3 is 21.9 Å². The first kappa shape index (κ1) is 12.3. The molecule has 5 nitrogen and oxygen atoms in total. The Morgan fingerprint density at radius 1 is 1.46 bits per heavy atom. The Morgan fingerprint density at radius 3 is 2.69 bits per heavy atom. The fraction of sp³-hybridized carbons (Fsp3) is 0.875. The molecule has 0 aromatic heterocycles. The van der Waals surface area contributed by atoms with E-state index in [9.17, 15) is 4.79 Å². The maximum Gasteiger partial charge on any atom is 0.317 e. The smallest absolute Gasteiger partial charge is 0.317 e. The minimum Gasteiger partial charge on any atom is -0.480 e. The van der Waals surface area contributed by atoms with Gasteiger partial charge in [0.15, 0.2) is 0 Å². The van der Waals surface area contributed by atoms with Crippen molar-refractivity contribution in [1.29, 1.82) is 0 Å². The van der Waals surface area contributed by atoms with E-state index in [1.165, 1.54) is 0 Å². The van der Waals surface area contributed by atoms with Gasteiger partial charge in [0.25, 0.3) is 0 Å². The molecule has 0 rings (SSSR count). The first-order chi connectivity index (χ1) is 6.16. The molecule has 0 spiro atoms. The van der Waals surface area contributed by atoms with Crippen LogP contribution in [0.3, 0.4) is 0 Å². The van der Waals surface area contributed by atoms with Crippen LogP contribution in [-0.4, -0.2) is 36.8 Å². The first-order valence-electron chi connectivity index (χ1n) is 4.55. The van der Waals surface area contributed by atoms with Crippen LogP contribution in [0.25, 0.3) is 0 Å². The third-order valence-electron chi connectivity index (χ3n) is 1.75. The Labute approximate surface area is 78.5 Å².